The molecule has 134 valence electrons. The van der Waals surface area contributed by atoms with Crippen LogP contribution in [0.2, 0.25) is 0 Å². The molecule has 2 heterocycles. The highest BCUT2D eigenvalue weighted by molar-refractivity contribution is 5.97. The van der Waals surface area contributed by atoms with Crippen molar-refractivity contribution in [2.75, 3.05) is 13.1 Å². The molecule has 1 aliphatic rings. The number of piperidine rings is 1. The summed E-state index contributed by atoms with van der Waals surface area (Å²) in [7, 11) is 2.00. The highest BCUT2D eigenvalue weighted by Gasteiger charge is 2.24. The molecule has 4 heteroatoms. The van der Waals surface area contributed by atoms with Crippen LogP contribution in [0.5, 0.6) is 0 Å². The summed E-state index contributed by atoms with van der Waals surface area (Å²) in [5.41, 5.74) is 4.11. The minimum atomic E-state index is 0.133. The maximum atomic E-state index is 12.9. The van der Waals surface area contributed by atoms with E-state index in [0.29, 0.717) is 5.92 Å². The second kappa shape index (κ2) is 6.94. The zero-order valence-electron chi connectivity index (χ0n) is 15.5. The Bertz CT molecular complexity index is 921. The summed E-state index contributed by atoms with van der Waals surface area (Å²) in [6, 6.07) is 16.5. The zero-order valence-corrected chi connectivity index (χ0v) is 15.5. The Labute approximate surface area is 154 Å². The number of aryl methyl sites for hydroxylation is 2. The molecule has 0 saturated carbocycles. The van der Waals surface area contributed by atoms with Crippen LogP contribution < -0.4 is 0 Å². The van der Waals surface area contributed by atoms with Crippen LogP contribution in [0.15, 0.2) is 48.5 Å². The number of carbonyl (C=O) groups excluding carboxylic acids is 1. The fourth-order valence-corrected chi connectivity index (χ4v) is 3.92. The predicted molar refractivity (Wildman–Crippen MR) is 104 cm³/mol. The molecule has 2 aromatic carbocycles. The topological polar surface area (TPSA) is 38.1 Å². The van der Waals surface area contributed by atoms with E-state index in [0.717, 1.165) is 54.8 Å². The summed E-state index contributed by atoms with van der Waals surface area (Å²) in [5.74, 6) is 1.77. The molecule has 1 aliphatic heterocycles. The Morgan fingerprint density at radius 3 is 2.58 bits per heavy atom. The van der Waals surface area contributed by atoms with Crippen molar-refractivity contribution in [1.29, 1.82) is 0 Å². The molecular formula is C22H25N3O. The first-order chi connectivity index (χ1) is 12.6. The molecule has 0 atom stereocenters. The van der Waals surface area contributed by atoms with Gasteiger partial charge in [0.1, 0.15) is 5.82 Å². The third-order valence-corrected chi connectivity index (χ3v) is 5.62. The van der Waals surface area contributed by atoms with Crippen LogP contribution >= 0.6 is 0 Å². The van der Waals surface area contributed by atoms with Gasteiger partial charge in [-0.1, -0.05) is 30.3 Å². The molecular weight excluding hydrogens is 322 g/mol. The van der Waals surface area contributed by atoms with Crippen LogP contribution in [0.4, 0.5) is 0 Å². The first-order valence-electron chi connectivity index (χ1n) is 9.38. The van der Waals surface area contributed by atoms with Gasteiger partial charge < -0.3 is 9.47 Å². The van der Waals surface area contributed by atoms with E-state index in [-0.39, 0.29) is 5.91 Å². The van der Waals surface area contributed by atoms with E-state index in [9.17, 15) is 4.79 Å². The summed E-state index contributed by atoms with van der Waals surface area (Å²) >= 11 is 0. The molecule has 3 aromatic rings. The molecule has 1 amide bonds. The van der Waals surface area contributed by atoms with Gasteiger partial charge in [-0.05, 0) is 55.9 Å². The lowest BCUT2D eigenvalue weighted by Crippen LogP contribution is -2.38. The number of hydrogen-bond acceptors (Lipinski definition) is 2. The van der Waals surface area contributed by atoms with Gasteiger partial charge in [0.05, 0.1) is 11.0 Å². The van der Waals surface area contributed by atoms with Crippen molar-refractivity contribution in [3.63, 3.8) is 0 Å². The maximum Gasteiger partial charge on any atom is 0.253 e. The normalized spacial score (nSPS) is 15.5. The molecule has 0 bridgehead atoms. The first kappa shape index (κ1) is 16.8. The van der Waals surface area contributed by atoms with Crippen molar-refractivity contribution in [3.05, 3.63) is 65.5 Å². The number of carbonyl (C=O) groups is 1. The van der Waals surface area contributed by atoms with Crippen LogP contribution in [0.3, 0.4) is 0 Å². The molecule has 4 rings (SSSR count). The lowest BCUT2D eigenvalue weighted by atomic mass is 9.90. The standard InChI is InChI=1S/C22H25N3O/c1-16-23-20-15-19(8-9-21(20)24(16)2)22(26)25-12-10-18(11-13-25)14-17-6-4-3-5-7-17/h3-9,15,18H,10-14H2,1-2H3. The monoisotopic (exact) mass is 347 g/mol. The third kappa shape index (κ3) is 3.24. The first-order valence-corrected chi connectivity index (χ1v) is 9.38. The van der Waals surface area contributed by atoms with E-state index in [1.807, 2.05) is 37.1 Å². The maximum absolute atomic E-state index is 12.9. The number of hydrogen-bond donors (Lipinski definition) is 0. The average Bonchev–Trinajstić information content (AvgIpc) is 2.96. The summed E-state index contributed by atoms with van der Waals surface area (Å²) in [6.45, 7) is 3.67. The van der Waals surface area contributed by atoms with E-state index < -0.39 is 0 Å². The summed E-state index contributed by atoms with van der Waals surface area (Å²) in [4.78, 5) is 19.4. The second-order valence-electron chi connectivity index (χ2n) is 7.35. The molecule has 0 aliphatic carbocycles. The third-order valence-electron chi connectivity index (χ3n) is 5.62. The number of likely N-dealkylation sites (tertiary alicyclic amines) is 1. The van der Waals surface area contributed by atoms with Gasteiger partial charge in [-0.15, -0.1) is 0 Å². The second-order valence-corrected chi connectivity index (χ2v) is 7.35. The number of amides is 1. The van der Waals surface area contributed by atoms with Gasteiger partial charge in [0.15, 0.2) is 0 Å². The SMILES string of the molecule is Cc1nc2cc(C(=O)N3CCC(Cc4ccccc4)CC3)ccc2n1C. The largest absolute Gasteiger partial charge is 0.339 e. The minimum absolute atomic E-state index is 0.133. The Balaban J connectivity index is 1.42. The Morgan fingerprint density at radius 2 is 1.85 bits per heavy atom. The molecule has 0 unspecified atom stereocenters. The van der Waals surface area contributed by atoms with E-state index in [2.05, 4.69) is 39.9 Å². The molecule has 0 radical (unpaired) electrons. The molecule has 26 heavy (non-hydrogen) atoms. The Kier molecular flexibility index (Phi) is 4.49. The summed E-state index contributed by atoms with van der Waals surface area (Å²) < 4.78 is 2.05. The van der Waals surface area contributed by atoms with Crippen LogP contribution in [-0.4, -0.2) is 33.4 Å². The van der Waals surface area contributed by atoms with Gasteiger partial charge in [0.2, 0.25) is 0 Å². The number of imidazole rings is 1. The molecule has 0 N–H and O–H groups in total. The predicted octanol–water partition coefficient (Wildman–Crippen LogP) is 3.98. The fraction of sp³-hybridized carbons (Fsp3) is 0.364. The van der Waals surface area contributed by atoms with Gasteiger partial charge in [-0.2, -0.15) is 0 Å². The van der Waals surface area contributed by atoms with Crippen molar-refractivity contribution < 1.29 is 4.79 Å². The zero-order chi connectivity index (χ0) is 18.1. The number of nitrogens with zero attached hydrogens (tertiary/aromatic N) is 3. The molecule has 0 spiro atoms. The van der Waals surface area contributed by atoms with Gasteiger partial charge in [-0.25, -0.2) is 4.98 Å². The number of rotatable bonds is 3. The van der Waals surface area contributed by atoms with E-state index in [1.165, 1.54) is 5.56 Å². The Morgan fingerprint density at radius 1 is 1.12 bits per heavy atom. The summed E-state index contributed by atoms with van der Waals surface area (Å²) in [5, 5.41) is 0. The van der Waals surface area contributed by atoms with Crippen LogP contribution in [0, 0.1) is 12.8 Å². The van der Waals surface area contributed by atoms with Crippen LogP contribution in [0.1, 0.15) is 34.6 Å². The van der Waals surface area contributed by atoms with Gasteiger partial charge in [0, 0.05) is 25.7 Å². The molecule has 1 saturated heterocycles. The van der Waals surface area contributed by atoms with Crippen molar-refractivity contribution in [1.82, 2.24) is 14.5 Å². The minimum Gasteiger partial charge on any atom is -0.339 e. The molecule has 4 nitrogen and oxygen atoms in total. The van der Waals surface area contributed by atoms with Crippen LogP contribution in [-0.2, 0) is 13.5 Å². The number of aromatic nitrogens is 2. The highest BCUT2D eigenvalue weighted by Crippen LogP contribution is 2.24. The number of benzene rings is 2. The molecule has 1 aromatic heterocycles. The Hall–Kier alpha value is -2.62. The van der Waals surface area contributed by atoms with Crippen LogP contribution in [0.25, 0.3) is 11.0 Å². The lowest BCUT2D eigenvalue weighted by molar-refractivity contribution is 0.0690. The molecule has 1 fully saturated rings. The van der Waals surface area contributed by atoms with Crippen molar-refractivity contribution in [2.45, 2.75) is 26.2 Å². The van der Waals surface area contributed by atoms with Crippen molar-refractivity contribution in [3.8, 4) is 0 Å². The summed E-state index contributed by atoms with van der Waals surface area (Å²) in [6.07, 6.45) is 3.26. The smallest absolute Gasteiger partial charge is 0.253 e. The lowest BCUT2D eigenvalue weighted by Gasteiger charge is -2.32. The highest BCUT2D eigenvalue weighted by atomic mass is 16.2. The van der Waals surface area contributed by atoms with Crippen molar-refractivity contribution >= 4 is 16.9 Å². The van der Waals surface area contributed by atoms with Gasteiger partial charge in [-0.3, -0.25) is 4.79 Å². The quantitative estimate of drug-likeness (QED) is 0.719. The van der Waals surface area contributed by atoms with Gasteiger partial charge in [0.25, 0.3) is 5.91 Å². The van der Waals surface area contributed by atoms with E-state index in [1.54, 1.807) is 0 Å². The fourth-order valence-electron chi connectivity index (χ4n) is 3.92. The van der Waals surface area contributed by atoms with Crippen molar-refractivity contribution in [2.24, 2.45) is 13.0 Å². The average molecular weight is 347 g/mol. The van der Waals surface area contributed by atoms with E-state index in [4.69, 9.17) is 0 Å². The van der Waals surface area contributed by atoms with Gasteiger partial charge >= 0.3 is 0 Å². The number of fused-ring (bicyclic) bond motifs is 1. The van der Waals surface area contributed by atoms with E-state index >= 15 is 0 Å².